The van der Waals surface area contributed by atoms with Gasteiger partial charge >= 0.3 is 6.18 Å². The number of piperidine rings is 1. The number of aromatic nitrogens is 4. The Hall–Kier alpha value is -4.05. The number of nitrogens with one attached hydrogen (secondary N) is 1. The van der Waals surface area contributed by atoms with Crippen molar-refractivity contribution in [2.75, 3.05) is 39.0 Å². The number of hydrogen-bond donors (Lipinski definition) is 3. The Morgan fingerprint density at radius 2 is 1.88 bits per heavy atom. The first-order valence-electron chi connectivity index (χ1n) is 13.7. The number of halogens is 4. The average molecular weight is 609 g/mol. The summed E-state index contributed by atoms with van der Waals surface area (Å²) in [5, 5.41) is 16.5. The number of nitrogens with two attached hydrogens (primary N) is 1. The molecule has 2 saturated heterocycles. The van der Waals surface area contributed by atoms with Crippen LogP contribution in [0, 0.1) is 0 Å². The summed E-state index contributed by atoms with van der Waals surface area (Å²) in [7, 11) is 1.29. The maximum absolute atomic E-state index is 14.8. The number of anilines is 1. The van der Waals surface area contributed by atoms with Gasteiger partial charge in [0.15, 0.2) is 5.82 Å². The van der Waals surface area contributed by atoms with Crippen LogP contribution in [0.2, 0.25) is 0 Å². The Morgan fingerprint density at radius 3 is 2.56 bits per heavy atom. The lowest BCUT2D eigenvalue weighted by molar-refractivity contribution is -0.249. The van der Waals surface area contributed by atoms with Crippen LogP contribution in [0.4, 0.5) is 23.4 Å². The van der Waals surface area contributed by atoms with E-state index in [1.165, 1.54) is 32.1 Å². The minimum absolute atomic E-state index is 0.0752. The summed E-state index contributed by atoms with van der Waals surface area (Å²) in [5.41, 5.74) is 5.00. The third kappa shape index (κ3) is 5.80. The fourth-order valence-corrected chi connectivity index (χ4v) is 5.49. The van der Waals surface area contributed by atoms with Crippen LogP contribution in [0.5, 0.6) is 5.88 Å². The molecule has 0 aliphatic carbocycles. The highest BCUT2D eigenvalue weighted by Gasteiger charge is 2.58. The van der Waals surface area contributed by atoms with Gasteiger partial charge in [0.25, 0.3) is 11.8 Å². The molecule has 0 spiro atoms. The van der Waals surface area contributed by atoms with Gasteiger partial charge in [-0.3, -0.25) is 14.5 Å². The predicted octanol–water partition coefficient (Wildman–Crippen LogP) is 1.96. The standard InChI is InChI=1S/C27H32F4N8O4/c1-26(42,27(29,30)31)25(41)38-12-18(28)19(13-38)36-23(40)17-8-15(10-33-24(17)43-2)20-9-16(11-37-6-4-3-5-7-37)21-22(32)34-14-35-39(20)21/h8-10,14,18-19,42H,3-7,11-13H2,1-2H3,(H,36,40)(H2,32,34,35)/t18-,19+,26+/m0/s1. The number of amides is 2. The van der Waals surface area contributed by atoms with Crippen molar-refractivity contribution >= 4 is 23.1 Å². The largest absolute Gasteiger partial charge is 0.480 e. The summed E-state index contributed by atoms with van der Waals surface area (Å²) in [6.45, 7) is 1.51. The van der Waals surface area contributed by atoms with E-state index >= 15 is 0 Å². The lowest BCUT2D eigenvalue weighted by atomic mass is 10.1. The SMILES string of the molecule is COc1ncc(-c2cc(CN3CCCCC3)c3c(N)ncnn23)cc1C(=O)N[C@@H]1CN(C(=O)[C@@](C)(O)C(F)(F)F)C[C@@H]1F. The molecule has 2 amide bonds. The molecular weight excluding hydrogens is 576 g/mol. The lowest BCUT2D eigenvalue weighted by Crippen LogP contribution is -2.56. The molecule has 0 radical (unpaired) electrons. The van der Waals surface area contributed by atoms with Crippen LogP contribution in [0.1, 0.15) is 42.1 Å². The quantitative estimate of drug-likeness (QED) is 0.342. The molecule has 43 heavy (non-hydrogen) atoms. The first kappa shape index (κ1) is 30.4. The molecule has 5 rings (SSSR count). The van der Waals surface area contributed by atoms with Gasteiger partial charge in [-0.2, -0.15) is 18.3 Å². The summed E-state index contributed by atoms with van der Waals surface area (Å²) in [4.78, 5) is 36.9. The number of aliphatic hydroxyl groups is 1. The van der Waals surface area contributed by atoms with Gasteiger partial charge in [0, 0.05) is 24.8 Å². The number of carbonyl (C=O) groups excluding carboxylic acids is 2. The molecule has 12 nitrogen and oxygen atoms in total. The highest BCUT2D eigenvalue weighted by Crippen LogP contribution is 2.34. The molecule has 3 aromatic heterocycles. The number of rotatable bonds is 7. The Balaban J connectivity index is 1.41. The minimum Gasteiger partial charge on any atom is -0.480 e. The number of carbonyl (C=O) groups is 2. The first-order chi connectivity index (χ1) is 20.3. The second-order valence-electron chi connectivity index (χ2n) is 11.0. The summed E-state index contributed by atoms with van der Waals surface area (Å²) < 4.78 is 61.2. The Kier molecular flexibility index (Phi) is 8.17. The fraction of sp³-hybridized carbons (Fsp3) is 0.519. The third-order valence-corrected chi connectivity index (χ3v) is 7.91. The average Bonchev–Trinajstić information content (AvgIpc) is 3.52. The van der Waals surface area contributed by atoms with Crippen molar-refractivity contribution in [3.63, 3.8) is 0 Å². The molecule has 232 valence electrons. The van der Waals surface area contributed by atoms with Gasteiger partial charge in [-0.15, -0.1) is 0 Å². The Bertz CT molecular complexity index is 1520. The number of pyridine rings is 1. The van der Waals surface area contributed by atoms with Gasteiger partial charge in [-0.05, 0) is 50.6 Å². The predicted molar refractivity (Wildman–Crippen MR) is 146 cm³/mol. The molecule has 0 aromatic carbocycles. The number of alkyl halides is 4. The summed E-state index contributed by atoms with van der Waals surface area (Å²) in [6.07, 6.45) is -0.981. The second-order valence-corrected chi connectivity index (χ2v) is 11.0. The fourth-order valence-electron chi connectivity index (χ4n) is 5.49. The summed E-state index contributed by atoms with van der Waals surface area (Å²) >= 11 is 0. The molecule has 3 atom stereocenters. The van der Waals surface area contributed by atoms with Gasteiger partial charge in [0.05, 0.1) is 25.4 Å². The van der Waals surface area contributed by atoms with E-state index in [1.807, 2.05) is 6.07 Å². The normalized spacial score (nSPS) is 21.1. The van der Waals surface area contributed by atoms with E-state index in [2.05, 4.69) is 25.3 Å². The van der Waals surface area contributed by atoms with E-state index in [0.29, 0.717) is 35.1 Å². The van der Waals surface area contributed by atoms with E-state index in [-0.39, 0.29) is 17.3 Å². The number of nitrogen functional groups attached to an aromatic ring is 1. The van der Waals surface area contributed by atoms with Crippen molar-refractivity contribution in [1.82, 2.24) is 34.7 Å². The van der Waals surface area contributed by atoms with Crippen LogP contribution in [0.3, 0.4) is 0 Å². The van der Waals surface area contributed by atoms with E-state index in [9.17, 15) is 32.3 Å². The molecule has 2 fully saturated rings. The smallest absolute Gasteiger partial charge is 0.426 e. The van der Waals surface area contributed by atoms with Crippen LogP contribution >= 0.6 is 0 Å². The molecular formula is C27H32F4N8O4. The number of hydrogen-bond acceptors (Lipinski definition) is 9. The van der Waals surface area contributed by atoms with Gasteiger partial charge < -0.3 is 25.8 Å². The van der Waals surface area contributed by atoms with Crippen LogP contribution in [0.25, 0.3) is 16.8 Å². The van der Waals surface area contributed by atoms with Crippen LogP contribution < -0.4 is 15.8 Å². The van der Waals surface area contributed by atoms with Crippen LogP contribution in [-0.4, -0.2) is 104 Å². The molecule has 0 unspecified atom stereocenters. The maximum atomic E-state index is 14.8. The first-order valence-corrected chi connectivity index (χ1v) is 13.7. The van der Waals surface area contributed by atoms with Crippen molar-refractivity contribution < 1.29 is 37.0 Å². The number of methoxy groups -OCH3 is 1. The molecule has 2 aliphatic rings. The Labute approximate surface area is 243 Å². The highest BCUT2D eigenvalue weighted by atomic mass is 19.4. The lowest BCUT2D eigenvalue weighted by Gasteiger charge is -2.29. The van der Waals surface area contributed by atoms with E-state index in [4.69, 9.17) is 10.5 Å². The van der Waals surface area contributed by atoms with Crippen molar-refractivity contribution in [1.29, 1.82) is 0 Å². The maximum Gasteiger partial charge on any atom is 0.426 e. The third-order valence-electron chi connectivity index (χ3n) is 7.91. The van der Waals surface area contributed by atoms with Crippen molar-refractivity contribution in [3.05, 3.63) is 35.8 Å². The van der Waals surface area contributed by atoms with Gasteiger partial charge in [0.1, 0.15) is 23.6 Å². The van der Waals surface area contributed by atoms with E-state index in [1.54, 1.807) is 4.52 Å². The zero-order valence-corrected chi connectivity index (χ0v) is 23.6. The van der Waals surface area contributed by atoms with Crippen molar-refractivity contribution in [2.45, 2.75) is 56.7 Å². The minimum atomic E-state index is -5.26. The number of nitrogens with zero attached hydrogens (tertiary/aromatic N) is 6. The zero-order chi connectivity index (χ0) is 31.1. The second kappa shape index (κ2) is 11.6. The van der Waals surface area contributed by atoms with Crippen molar-refractivity contribution in [3.8, 4) is 17.1 Å². The molecule has 0 saturated carbocycles. The molecule has 3 aromatic rings. The van der Waals surface area contributed by atoms with Gasteiger partial charge in [-0.1, -0.05) is 6.42 Å². The van der Waals surface area contributed by atoms with E-state index < -0.39 is 48.9 Å². The van der Waals surface area contributed by atoms with Gasteiger partial charge in [-0.25, -0.2) is 18.9 Å². The molecule has 16 heteroatoms. The topological polar surface area (TPSA) is 151 Å². The van der Waals surface area contributed by atoms with Crippen LogP contribution in [-0.2, 0) is 11.3 Å². The molecule has 0 bridgehead atoms. The molecule has 4 N–H and O–H groups in total. The summed E-state index contributed by atoms with van der Waals surface area (Å²) in [5.74, 6) is -2.32. The van der Waals surface area contributed by atoms with Gasteiger partial charge in [0.2, 0.25) is 11.5 Å². The number of fused-ring (bicyclic) bond motifs is 1. The molecule has 2 aliphatic heterocycles. The van der Waals surface area contributed by atoms with Crippen molar-refractivity contribution in [2.24, 2.45) is 0 Å². The summed E-state index contributed by atoms with van der Waals surface area (Å²) in [6, 6.07) is 2.03. The number of ether oxygens (including phenoxy) is 1. The Morgan fingerprint density at radius 1 is 1.16 bits per heavy atom. The molecule has 5 heterocycles. The zero-order valence-electron chi connectivity index (χ0n) is 23.6. The number of likely N-dealkylation sites (tertiary alicyclic amines) is 2. The monoisotopic (exact) mass is 608 g/mol. The van der Waals surface area contributed by atoms with Crippen LogP contribution in [0.15, 0.2) is 24.7 Å². The highest BCUT2D eigenvalue weighted by molar-refractivity contribution is 5.98. The van der Waals surface area contributed by atoms with E-state index in [0.717, 1.165) is 31.5 Å².